The van der Waals surface area contributed by atoms with E-state index < -0.39 is 56.7 Å². The molecule has 3 amide bonds. The fraction of sp³-hybridized carbons (Fsp3) is 0.625. The monoisotopic (exact) mass is 544 g/mol. The number of amides is 3. The average molecular weight is 545 g/mol. The molecule has 0 radical (unpaired) electrons. The van der Waals surface area contributed by atoms with E-state index in [9.17, 15) is 36.0 Å². The molecule has 1 aliphatic carbocycles. The van der Waals surface area contributed by atoms with Gasteiger partial charge in [-0.15, -0.1) is 0 Å². The SMILES string of the molecule is NC(=O)[C@H]1C[C@@H](S(=O)(=O)N2CCC[C@H](C(=O)N3CCC[C@@H]3C(=O)NCc3ccc(C(F)(F)F)cc3)C2)C1. The number of piperidine rings is 1. The molecule has 0 bridgehead atoms. The second-order valence-corrected chi connectivity index (χ2v) is 12.2. The number of hydrogen-bond acceptors (Lipinski definition) is 5. The Bertz CT molecular complexity index is 1140. The zero-order valence-corrected chi connectivity index (χ0v) is 21.1. The minimum Gasteiger partial charge on any atom is -0.369 e. The molecule has 0 unspecified atom stereocenters. The number of rotatable bonds is 7. The first kappa shape index (κ1) is 27.4. The van der Waals surface area contributed by atoms with Gasteiger partial charge in [0.2, 0.25) is 27.7 Å². The topological polar surface area (TPSA) is 130 Å². The highest BCUT2D eigenvalue weighted by Gasteiger charge is 2.46. The van der Waals surface area contributed by atoms with E-state index in [0.29, 0.717) is 44.3 Å². The van der Waals surface area contributed by atoms with Crippen LogP contribution in [0.15, 0.2) is 24.3 Å². The van der Waals surface area contributed by atoms with E-state index >= 15 is 0 Å². The van der Waals surface area contributed by atoms with Gasteiger partial charge in [0.1, 0.15) is 6.04 Å². The first-order chi connectivity index (χ1) is 17.4. The van der Waals surface area contributed by atoms with Crippen LogP contribution >= 0.6 is 0 Å². The molecule has 9 nitrogen and oxygen atoms in total. The standard InChI is InChI=1S/C24H31F3N4O5S/c25-24(26,27)18-7-5-15(6-8-18)13-29-22(33)20-4-2-10-31(20)23(34)16-3-1-9-30(14-16)37(35,36)19-11-17(12-19)21(28)32/h5-8,16-17,19-20H,1-4,9-14H2,(H2,28,32)(H,29,33)/t16-,17-,19+,20+/m0/s1. The van der Waals surface area contributed by atoms with Crippen molar-refractivity contribution in [1.29, 1.82) is 0 Å². The number of carbonyl (C=O) groups is 3. The number of alkyl halides is 3. The molecule has 3 fully saturated rings. The molecule has 1 aromatic rings. The molecule has 0 aromatic heterocycles. The van der Waals surface area contributed by atoms with Crippen LogP contribution in [0, 0.1) is 11.8 Å². The van der Waals surface area contributed by atoms with Crippen LogP contribution in [0.4, 0.5) is 13.2 Å². The van der Waals surface area contributed by atoms with Crippen LogP contribution in [0.2, 0.25) is 0 Å². The lowest BCUT2D eigenvalue weighted by Gasteiger charge is -2.40. The van der Waals surface area contributed by atoms with Crippen molar-refractivity contribution in [2.45, 2.75) is 62.5 Å². The van der Waals surface area contributed by atoms with E-state index in [4.69, 9.17) is 5.73 Å². The van der Waals surface area contributed by atoms with Crippen molar-refractivity contribution < 1.29 is 36.0 Å². The summed E-state index contributed by atoms with van der Waals surface area (Å²) in [4.78, 5) is 39.0. The van der Waals surface area contributed by atoms with E-state index in [0.717, 1.165) is 12.1 Å². The number of hydrogen-bond donors (Lipinski definition) is 2. The van der Waals surface area contributed by atoms with Gasteiger partial charge in [-0.25, -0.2) is 12.7 Å². The number of sulfonamides is 1. The molecule has 1 aromatic carbocycles. The van der Waals surface area contributed by atoms with Gasteiger partial charge >= 0.3 is 6.18 Å². The van der Waals surface area contributed by atoms with Gasteiger partial charge in [0.05, 0.1) is 16.7 Å². The lowest BCUT2D eigenvalue weighted by molar-refractivity contribution is -0.142. The van der Waals surface area contributed by atoms with E-state index in [1.165, 1.54) is 21.3 Å². The van der Waals surface area contributed by atoms with Crippen molar-refractivity contribution in [3.05, 3.63) is 35.4 Å². The van der Waals surface area contributed by atoms with Crippen molar-refractivity contribution >= 4 is 27.7 Å². The minimum absolute atomic E-state index is 0.0264. The molecule has 2 saturated heterocycles. The van der Waals surface area contributed by atoms with Crippen molar-refractivity contribution in [2.24, 2.45) is 17.6 Å². The Hall–Kier alpha value is -2.67. The summed E-state index contributed by atoms with van der Waals surface area (Å²) in [5.41, 5.74) is 4.98. The van der Waals surface area contributed by atoms with Crippen molar-refractivity contribution in [3.8, 4) is 0 Å². The lowest BCUT2D eigenvalue weighted by atomic mass is 9.84. The number of likely N-dealkylation sites (tertiary alicyclic amines) is 1. The Morgan fingerprint density at radius 3 is 2.27 bits per heavy atom. The number of halogens is 3. The number of nitrogens with one attached hydrogen (secondary N) is 1. The maximum atomic E-state index is 13.3. The molecule has 2 aliphatic heterocycles. The van der Waals surface area contributed by atoms with Crippen LogP contribution in [-0.2, 0) is 37.1 Å². The summed E-state index contributed by atoms with van der Waals surface area (Å²) >= 11 is 0. The highest BCUT2D eigenvalue weighted by atomic mass is 32.2. The van der Waals surface area contributed by atoms with E-state index in [-0.39, 0.29) is 31.8 Å². The molecule has 1 saturated carbocycles. The zero-order chi connectivity index (χ0) is 27.0. The van der Waals surface area contributed by atoms with E-state index in [2.05, 4.69) is 5.32 Å². The van der Waals surface area contributed by atoms with Gasteiger partial charge < -0.3 is 16.0 Å². The fourth-order valence-corrected chi connectivity index (χ4v) is 7.43. The van der Waals surface area contributed by atoms with Gasteiger partial charge in [-0.1, -0.05) is 12.1 Å². The van der Waals surface area contributed by atoms with Crippen LogP contribution < -0.4 is 11.1 Å². The van der Waals surface area contributed by atoms with Crippen LogP contribution in [0.5, 0.6) is 0 Å². The predicted molar refractivity (Wildman–Crippen MR) is 127 cm³/mol. The van der Waals surface area contributed by atoms with Gasteiger partial charge in [-0.3, -0.25) is 14.4 Å². The number of carbonyl (C=O) groups excluding carboxylic acids is 3. The summed E-state index contributed by atoms with van der Waals surface area (Å²) in [6.07, 6.45) is -1.95. The maximum Gasteiger partial charge on any atom is 0.416 e. The quantitative estimate of drug-likeness (QED) is 0.539. The van der Waals surface area contributed by atoms with Crippen LogP contribution in [0.25, 0.3) is 0 Å². The van der Waals surface area contributed by atoms with Gasteiger partial charge in [0, 0.05) is 32.1 Å². The second kappa shape index (κ2) is 10.6. The van der Waals surface area contributed by atoms with Gasteiger partial charge in [-0.05, 0) is 56.2 Å². The summed E-state index contributed by atoms with van der Waals surface area (Å²) in [7, 11) is -3.66. The Labute approximate surface area is 213 Å². The highest BCUT2D eigenvalue weighted by Crippen LogP contribution is 2.36. The van der Waals surface area contributed by atoms with Crippen molar-refractivity contribution in [2.75, 3.05) is 19.6 Å². The first-order valence-electron chi connectivity index (χ1n) is 12.4. The summed E-state index contributed by atoms with van der Waals surface area (Å²) in [6, 6.07) is 3.79. The molecule has 204 valence electrons. The van der Waals surface area contributed by atoms with Crippen molar-refractivity contribution in [1.82, 2.24) is 14.5 Å². The van der Waals surface area contributed by atoms with E-state index in [1.807, 2.05) is 0 Å². The number of primary amides is 1. The zero-order valence-electron chi connectivity index (χ0n) is 20.2. The van der Waals surface area contributed by atoms with E-state index in [1.54, 1.807) is 0 Å². The molecule has 0 spiro atoms. The molecule has 2 heterocycles. The highest BCUT2D eigenvalue weighted by molar-refractivity contribution is 7.89. The lowest BCUT2D eigenvalue weighted by Crippen LogP contribution is -2.54. The molecule has 37 heavy (non-hydrogen) atoms. The Kier molecular flexibility index (Phi) is 7.84. The van der Waals surface area contributed by atoms with Crippen molar-refractivity contribution in [3.63, 3.8) is 0 Å². The Balaban J connectivity index is 1.33. The minimum atomic E-state index is -4.44. The second-order valence-electron chi connectivity index (χ2n) is 10.0. The first-order valence-corrected chi connectivity index (χ1v) is 13.9. The largest absolute Gasteiger partial charge is 0.416 e. The molecular weight excluding hydrogens is 513 g/mol. The molecular formula is C24H31F3N4O5S. The van der Waals surface area contributed by atoms with Gasteiger partial charge in [0.25, 0.3) is 0 Å². The third-order valence-electron chi connectivity index (χ3n) is 7.60. The average Bonchev–Trinajstić information content (AvgIpc) is 3.30. The molecule has 3 N–H and O–H groups in total. The smallest absolute Gasteiger partial charge is 0.369 e. The normalized spacial score (nSPS) is 26.9. The molecule has 13 heteroatoms. The summed E-state index contributed by atoms with van der Waals surface area (Å²) in [6.45, 7) is 0.748. The van der Waals surface area contributed by atoms with Gasteiger partial charge in [-0.2, -0.15) is 13.2 Å². The predicted octanol–water partition coefficient (Wildman–Crippen LogP) is 1.62. The summed E-state index contributed by atoms with van der Waals surface area (Å²) in [5, 5.41) is 2.03. The summed E-state index contributed by atoms with van der Waals surface area (Å²) in [5.74, 6) is -2.17. The number of nitrogens with two attached hydrogens (primary N) is 1. The number of benzene rings is 1. The van der Waals surface area contributed by atoms with Crippen LogP contribution in [0.1, 0.15) is 49.7 Å². The summed E-state index contributed by atoms with van der Waals surface area (Å²) < 4.78 is 65.6. The maximum absolute atomic E-state index is 13.3. The molecule has 4 rings (SSSR count). The third kappa shape index (κ3) is 5.92. The molecule has 2 atom stereocenters. The fourth-order valence-electron chi connectivity index (χ4n) is 5.28. The third-order valence-corrected chi connectivity index (χ3v) is 9.88. The van der Waals surface area contributed by atoms with Crippen LogP contribution in [0.3, 0.4) is 0 Å². The van der Waals surface area contributed by atoms with Crippen LogP contribution in [-0.4, -0.2) is 66.3 Å². The Morgan fingerprint density at radius 1 is 1.00 bits per heavy atom. The number of nitrogens with zero attached hydrogens (tertiary/aromatic N) is 2. The molecule has 3 aliphatic rings. The van der Waals surface area contributed by atoms with Gasteiger partial charge in [0.15, 0.2) is 0 Å². The Morgan fingerprint density at radius 2 is 1.65 bits per heavy atom.